The quantitative estimate of drug-likeness (QED) is 0.794. The lowest BCUT2D eigenvalue weighted by atomic mass is 9.85. The van der Waals surface area contributed by atoms with Crippen molar-refractivity contribution in [2.75, 3.05) is 26.7 Å². The van der Waals surface area contributed by atoms with Crippen molar-refractivity contribution in [3.05, 3.63) is 53.4 Å². The molecule has 2 fully saturated rings. The minimum atomic E-state index is -0.619. The summed E-state index contributed by atoms with van der Waals surface area (Å²) in [6, 6.07) is 3.72. The second-order valence-electron chi connectivity index (χ2n) is 8.18. The highest BCUT2D eigenvalue weighted by Gasteiger charge is 2.35. The summed E-state index contributed by atoms with van der Waals surface area (Å²) in [5, 5.41) is 6.01. The molecule has 0 aromatic heterocycles. The van der Waals surface area contributed by atoms with Gasteiger partial charge < -0.3 is 20.4 Å². The minimum Gasteiger partial charge on any atom is -0.367 e. The molecule has 2 heterocycles. The molecule has 0 unspecified atom stereocenters. The number of nitrogens with zero attached hydrogens (tertiary/aromatic N) is 2. The molecule has 30 heavy (non-hydrogen) atoms. The molecule has 3 aliphatic rings. The van der Waals surface area contributed by atoms with Crippen LogP contribution in [0.1, 0.15) is 31.2 Å². The van der Waals surface area contributed by atoms with Gasteiger partial charge in [0.25, 0.3) is 0 Å². The van der Waals surface area contributed by atoms with Crippen molar-refractivity contribution in [3.63, 3.8) is 0 Å². The normalized spacial score (nSPS) is 24.3. The third-order valence-electron chi connectivity index (χ3n) is 6.17. The Morgan fingerprint density at radius 3 is 2.33 bits per heavy atom. The fourth-order valence-corrected chi connectivity index (χ4v) is 4.41. The summed E-state index contributed by atoms with van der Waals surface area (Å²) in [5.74, 6) is -0.773. The Bertz CT molecular complexity index is 886. The molecule has 0 radical (unpaired) electrons. The molecule has 160 valence electrons. The van der Waals surface area contributed by atoms with Gasteiger partial charge in [0.1, 0.15) is 17.5 Å². The van der Waals surface area contributed by atoms with Crippen molar-refractivity contribution in [1.82, 2.24) is 20.4 Å². The van der Waals surface area contributed by atoms with Crippen LogP contribution in [-0.4, -0.2) is 54.5 Å². The maximum Gasteiger partial charge on any atom is 0.320 e. The molecule has 4 rings (SSSR count). The standard InChI is InChI=1S/C22H26F2N4O2/c1-27-8-9-28(22(27)30)19-5-2-14(3-6-19)21(29)26-20-7-4-15(13-25-20)16-10-17(23)12-18(24)11-16/h4,7,10-12,14,19,25H,2-3,5-6,8-9,13H2,1H3,(H,26,29). The molecule has 0 atom stereocenters. The lowest BCUT2D eigenvalue weighted by molar-refractivity contribution is -0.125. The summed E-state index contributed by atoms with van der Waals surface area (Å²) in [4.78, 5) is 28.5. The predicted octanol–water partition coefficient (Wildman–Crippen LogP) is 2.84. The van der Waals surface area contributed by atoms with Gasteiger partial charge in [-0.25, -0.2) is 13.6 Å². The number of carbonyl (C=O) groups excluding carboxylic acids is 2. The molecule has 2 N–H and O–H groups in total. The second-order valence-corrected chi connectivity index (χ2v) is 8.18. The molecular formula is C22H26F2N4O2. The number of benzene rings is 1. The van der Waals surface area contributed by atoms with Crippen molar-refractivity contribution < 1.29 is 18.4 Å². The molecule has 0 spiro atoms. The first kappa shape index (κ1) is 20.4. The highest BCUT2D eigenvalue weighted by molar-refractivity contribution is 5.81. The lowest BCUT2D eigenvalue weighted by Crippen LogP contribution is -2.43. The van der Waals surface area contributed by atoms with Gasteiger partial charge in [0, 0.05) is 44.7 Å². The highest BCUT2D eigenvalue weighted by Crippen LogP contribution is 2.30. The molecule has 0 bridgehead atoms. The number of halogens is 2. The summed E-state index contributed by atoms with van der Waals surface area (Å²) in [7, 11) is 1.82. The van der Waals surface area contributed by atoms with Gasteiger partial charge in [-0.3, -0.25) is 4.79 Å². The number of urea groups is 1. The highest BCUT2D eigenvalue weighted by atomic mass is 19.1. The van der Waals surface area contributed by atoms with Crippen LogP contribution in [0.5, 0.6) is 0 Å². The van der Waals surface area contributed by atoms with Gasteiger partial charge in [-0.15, -0.1) is 0 Å². The average molecular weight is 416 g/mol. The van der Waals surface area contributed by atoms with Crippen molar-refractivity contribution in [1.29, 1.82) is 0 Å². The molecule has 2 aliphatic heterocycles. The monoisotopic (exact) mass is 416 g/mol. The van der Waals surface area contributed by atoms with Gasteiger partial charge in [-0.1, -0.05) is 6.08 Å². The first-order chi connectivity index (χ1) is 14.4. The van der Waals surface area contributed by atoms with Gasteiger partial charge in [-0.05, 0) is 55.0 Å². The smallest absolute Gasteiger partial charge is 0.320 e. The number of dihydropyridines is 1. The van der Waals surface area contributed by atoms with Gasteiger partial charge in [0.05, 0.1) is 0 Å². The third-order valence-corrected chi connectivity index (χ3v) is 6.17. The zero-order valence-corrected chi connectivity index (χ0v) is 17.0. The Labute approximate surface area is 174 Å². The average Bonchev–Trinajstić information content (AvgIpc) is 3.06. The van der Waals surface area contributed by atoms with Gasteiger partial charge in [0.2, 0.25) is 5.91 Å². The summed E-state index contributed by atoms with van der Waals surface area (Å²) in [6.07, 6.45) is 6.64. The van der Waals surface area contributed by atoms with Crippen molar-refractivity contribution in [2.45, 2.75) is 31.7 Å². The fourth-order valence-electron chi connectivity index (χ4n) is 4.41. The lowest BCUT2D eigenvalue weighted by Gasteiger charge is -2.34. The maximum atomic E-state index is 13.4. The van der Waals surface area contributed by atoms with Crippen LogP contribution in [0.2, 0.25) is 0 Å². The summed E-state index contributed by atoms with van der Waals surface area (Å²) >= 11 is 0. The first-order valence-electron chi connectivity index (χ1n) is 10.3. The van der Waals surface area contributed by atoms with E-state index in [4.69, 9.17) is 0 Å². The van der Waals surface area contributed by atoms with Gasteiger partial charge in [0.15, 0.2) is 0 Å². The van der Waals surface area contributed by atoms with Crippen LogP contribution in [0.3, 0.4) is 0 Å². The van der Waals surface area contributed by atoms with E-state index in [9.17, 15) is 18.4 Å². The predicted molar refractivity (Wildman–Crippen MR) is 109 cm³/mol. The molecule has 1 saturated heterocycles. The fraction of sp³-hybridized carbons (Fsp3) is 0.455. The molecule has 1 aromatic carbocycles. The summed E-state index contributed by atoms with van der Waals surface area (Å²) in [6.45, 7) is 1.89. The number of amides is 3. The van der Waals surface area contributed by atoms with E-state index < -0.39 is 11.6 Å². The Morgan fingerprint density at radius 1 is 1.07 bits per heavy atom. The van der Waals surface area contributed by atoms with E-state index in [0.29, 0.717) is 17.9 Å². The SMILES string of the molecule is CN1CCN(C2CCC(C(=O)NC3=CC=C(c4cc(F)cc(F)c4)CN3)CC2)C1=O. The molecule has 1 aliphatic carbocycles. The van der Waals surface area contributed by atoms with E-state index in [0.717, 1.165) is 50.4 Å². The Kier molecular flexibility index (Phi) is 5.74. The largest absolute Gasteiger partial charge is 0.367 e. The van der Waals surface area contributed by atoms with Crippen LogP contribution < -0.4 is 10.6 Å². The first-order valence-corrected chi connectivity index (χ1v) is 10.3. The minimum absolute atomic E-state index is 0.0364. The topological polar surface area (TPSA) is 64.7 Å². The second kappa shape index (κ2) is 8.45. The van der Waals surface area contributed by atoms with Crippen LogP contribution in [0, 0.1) is 17.6 Å². The van der Waals surface area contributed by atoms with E-state index in [1.807, 2.05) is 11.9 Å². The maximum absolute atomic E-state index is 13.4. The van der Waals surface area contributed by atoms with Crippen molar-refractivity contribution in [2.24, 2.45) is 5.92 Å². The van der Waals surface area contributed by atoms with E-state index >= 15 is 0 Å². The van der Waals surface area contributed by atoms with Crippen LogP contribution in [0.25, 0.3) is 5.57 Å². The molecule has 1 saturated carbocycles. The third kappa shape index (κ3) is 4.32. The van der Waals surface area contributed by atoms with E-state index in [1.165, 1.54) is 12.1 Å². The van der Waals surface area contributed by atoms with Crippen molar-refractivity contribution >= 4 is 17.5 Å². The number of rotatable bonds is 4. The van der Waals surface area contributed by atoms with E-state index in [2.05, 4.69) is 10.6 Å². The van der Waals surface area contributed by atoms with Crippen LogP contribution >= 0.6 is 0 Å². The van der Waals surface area contributed by atoms with Crippen molar-refractivity contribution in [3.8, 4) is 0 Å². The summed E-state index contributed by atoms with van der Waals surface area (Å²) in [5.41, 5.74) is 1.22. The molecule has 6 nitrogen and oxygen atoms in total. The molecule has 1 aromatic rings. The number of nitrogens with one attached hydrogen (secondary N) is 2. The number of hydrogen-bond acceptors (Lipinski definition) is 3. The van der Waals surface area contributed by atoms with Crippen LogP contribution in [0.15, 0.2) is 36.2 Å². The molecule has 8 heteroatoms. The number of hydrogen-bond donors (Lipinski definition) is 2. The molecule has 3 amide bonds. The van der Waals surface area contributed by atoms with E-state index in [1.54, 1.807) is 17.1 Å². The Hall–Kier alpha value is -2.90. The Balaban J connectivity index is 1.31. The number of allylic oxidation sites excluding steroid dienone is 2. The van der Waals surface area contributed by atoms with Gasteiger partial charge in [-0.2, -0.15) is 0 Å². The zero-order chi connectivity index (χ0) is 21.3. The van der Waals surface area contributed by atoms with Crippen LogP contribution in [-0.2, 0) is 4.79 Å². The molecular weight excluding hydrogens is 390 g/mol. The number of likely N-dealkylation sites (N-methyl/N-ethyl adjacent to an activating group) is 1. The summed E-state index contributed by atoms with van der Waals surface area (Å²) < 4.78 is 26.8. The van der Waals surface area contributed by atoms with E-state index in [-0.39, 0.29) is 23.9 Å². The zero-order valence-electron chi connectivity index (χ0n) is 17.0. The number of carbonyl (C=O) groups is 2. The van der Waals surface area contributed by atoms with Gasteiger partial charge >= 0.3 is 6.03 Å². The Morgan fingerprint density at radius 2 is 1.77 bits per heavy atom. The van der Waals surface area contributed by atoms with Crippen LogP contribution in [0.4, 0.5) is 13.6 Å².